The van der Waals surface area contributed by atoms with Gasteiger partial charge in [0.1, 0.15) is 5.60 Å². The summed E-state index contributed by atoms with van der Waals surface area (Å²) < 4.78 is 19.4. The molecule has 0 unspecified atom stereocenters. The van der Waals surface area contributed by atoms with Crippen molar-refractivity contribution in [2.45, 2.75) is 45.1 Å². The number of nitrogens with zero attached hydrogens (tertiary/aromatic N) is 2. The Hall–Kier alpha value is -1.23. The highest BCUT2D eigenvalue weighted by molar-refractivity contribution is 5.39. The Morgan fingerprint density at radius 2 is 2.11 bits per heavy atom. The summed E-state index contributed by atoms with van der Waals surface area (Å²) in [7, 11) is 1.67. The second-order valence-electron chi connectivity index (χ2n) is 4.77. The third-order valence-electron chi connectivity index (χ3n) is 3.52. The van der Waals surface area contributed by atoms with Crippen LogP contribution < -0.4 is 5.32 Å². The number of ether oxygens (including phenoxy) is 1. The SMILES string of the molecule is CCCNc1nc(C2(OC)CCC2)nc(C)c1F. The quantitative estimate of drug-likeness (QED) is 0.876. The first-order valence-corrected chi connectivity index (χ1v) is 6.46. The van der Waals surface area contributed by atoms with Crippen LogP contribution in [-0.2, 0) is 10.3 Å². The number of rotatable bonds is 5. The molecular formula is C13H20FN3O. The predicted molar refractivity (Wildman–Crippen MR) is 68.0 cm³/mol. The van der Waals surface area contributed by atoms with Crippen LogP contribution in [0.1, 0.15) is 44.1 Å². The molecule has 100 valence electrons. The van der Waals surface area contributed by atoms with Gasteiger partial charge in [0, 0.05) is 13.7 Å². The third kappa shape index (κ3) is 2.19. The van der Waals surface area contributed by atoms with Gasteiger partial charge >= 0.3 is 0 Å². The Morgan fingerprint density at radius 3 is 2.61 bits per heavy atom. The largest absolute Gasteiger partial charge is 0.370 e. The zero-order valence-corrected chi connectivity index (χ0v) is 11.2. The first-order valence-electron chi connectivity index (χ1n) is 6.46. The minimum Gasteiger partial charge on any atom is -0.370 e. The average Bonchev–Trinajstić information content (AvgIpc) is 2.31. The molecule has 0 atom stereocenters. The summed E-state index contributed by atoms with van der Waals surface area (Å²) in [5, 5.41) is 3.01. The molecule has 1 fully saturated rings. The highest BCUT2D eigenvalue weighted by Gasteiger charge is 2.42. The van der Waals surface area contributed by atoms with Crippen molar-refractivity contribution in [1.29, 1.82) is 0 Å². The second-order valence-corrected chi connectivity index (χ2v) is 4.77. The van der Waals surface area contributed by atoms with Gasteiger partial charge in [0.25, 0.3) is 0 Å². The summed E-state index contributed by atoms with van der Waals surface area (Å²) >= 11 is 0. The predicted octanol–water partition coefficient (Wildman–Crippen LogP) is 2.77. The van der Waals surface area contributed by atoms with Gasteiger partial charge in [-0.05, 0) is 32.6 Å². The van der Waals surface area contributed by atoms with Crippen LogP contribution in [0.5, 0.6) is 0 Å². The molecule has 1 saturated carbocycles. The molecule has 5 heteroatoms. The van der Waals surface area contributed by atoms with Gasteiger partial charge in [-0.3, -0.25) is 0 Å². The number of nitrogens with one attached hydrogen (secondary N) is 1. The summed E-state index contributed by atoms with van der Waals surface area (Å²) in [6.45, 7) is 4.40. The van der Waals surface area contributed by atoms with E-state index in [-0.39, 0.29) is 5.82 Å². The maximum Gasteiger partial charge on any atom is 0.186 e. The van der Waals surface area contributed by atoms with E-state index in [0.29, 0.717) is 23.9 Å². The van der Waals surface area contributed by atoms with Crippen molar-refractivity contribution in [2.24, 2.45) is 0 Å². The molecule has 4 nitrogen and oxygen atoms in total. The number of hydrogen-bond donors (Lipinski definition) is 1. The van der Waals surface area contributed by atoms with Gasteiger partial charge in [-0.15, -0.1) is 0 Å². The summed E-state index contributed by atoms with van der Waals surface area (Å²) in [5.74, 6) is 0.536. The van der Waals surface area contributed by atoms with Crippen molar-refractivity contribution >= 4 is 5.82 Å². The Bertz CT molecular complexity index is 427. The Labute approximate surface area is 107 Å². The van der Waals surface area contributed by atoms with Gasteiger partial charge in [-0.1, -0.05) is 6.92 Å². The molecule has 1 heterocycles. The van der Waals surface area contributed by atoms with Gasteiger partial charge in [-0.25, -0.2) is 14.4 Å². The Kier molecular flexibility index (Phi) is 3.80. The molecule has 0 spiro atoms. The summed E-state index contributed by atoms with van der Waals surface area (Å²) in [5.41, 5.74) is -0.0249. The van der Waals surface area contributed by atoms with Gasteiger partial charge < -0.3 is 10.1 Å². The molecule has 1 aliphatic carbocycles. The van der Waals surface area contributed by atoms with Crippen LogP contribution in [0.15, 0.2) is 0 Å². The van der Waals surface area contributed by atoms with E-state index in [2.05, 4.69) is 15.3 Å². The number of aromatic nitrogens is 2. The van der Waals surface area contributed by atoms with Gasteiger partial charge in [0.05, 0.1) is 5.69 Å². The maximum absolute atomic E-state index is 13.9. The fourth-order valence-electron chi connectivity index (χ4n) is 2.14. The van der Waals surface area contributed by atoms with Gasteiger partial charge in [0.15, 0.2) is 17.5 Å². The average molecular weight is 253 g/mol. The van der Waals surface area contributed by atoms with Crippen molar-refractivity contribution in [3.63, 3.8) is 0 Å². The van der Waals surface area contributed by atoms with Crippen LogP contribution in [0.4, 0.5) is 10.2 Å². The maximum atomic E-state index is 13.9. The molecule has 0 radical (unpaired) electrons. The van der Waals surface area contributed by atoms with Crippen molar-refractivity contribution in [3.8, 4) is 0 Å². The number of aryl methyl sites for hydroxylation is 1. The van der Waals surface area contributed by atoms with Crippen molar-refractivity contribution < 1.29 is 9.13 Å². The van der Waals surface area contributed by atoms with Gasteiger partial charge in [-0.2, -0.15) is 0 Å². The van der Waals surface area contributed by atoms with E-state index in [1.807, 2.05) is 6.92 Å². The lowest BCUT2D eigenvalue weighted by molar-refractivity contribution is -0.0847. The molecule has 0 amide bonds. The zero-order valence-electron chi connectivity index (χ0n) is 11.2. The molecular weight excluding hydrogens is 233 g/mol. The van der Waals surface area contributed by atoms with E-state index < -0.39 is 5.60 Å². The van der Waals surface area contributed by atoms with Crippen molar-refractivity contribution in [2.75, 3.05) is 19.0 Å². The highest BCUT2D eigenvalue weighted by atomic mass is 19.1. The van der Waals surface area contributed by atoms with Crippen molar-refractivity contribution in [3.05, 3.63) is 17.3 Å². The normalized spacial score (nSPS) is 17.3. The lowest BCUT2D eigenvalue weighted by atomic mass is 9.79. The number of methoxy groups -OCH3 is 1. The van der Waals surface area contributed by atoms with E-state index in [1.165, 1.54) is 0 Å². The Morgan fingerprint density at radius 1 is 1.39 bits per heavy atom. The molecule has 0 aromatic carbocycles. The smallest absolute Gasteiger partial charge is 0.186 e. The summed E-state index contributed by atoms with van der Waals surface area (Å²) in [4.78, 5) is 8.57. The minimum atomic E-state index is -0.402. The zero-order chi connectivity index (χ0) is 13.2. The molecule has 2 rings (SSSR count). The summed E-state index contributed by atoms with van der Waals surface area (Å²) in [6.07, 6.45) is 3.84. The molecule has 18 heavy (non-hydrogen) atoms. The number of hydrogen-bond acceptors (Lipinski definition) is 4. The minimum absolute atomic E-state index is 0.294. The summed E-state index contributed by atoms with van der Waals surface area (Å²) in [6, 6.07) is 0. The lowest BCUT2D eigenvalue weighted by Gasteiger charge is -2.39. The number of anilines is 1. The van der Waals surface area contributed by atoms with E-state index in [4.69, 9.17) is 4.74 Å². The fraction of sp³-hybridized carbons (Fsp3) is 0.692. The van der Waals surface area contributed by atoms with Crippen molar-refractivity contribution in [1.82, 2.24) is 9.97 Å². The van der Waals surface area contributed by atoms with Gasteiger partial charge in [0.2, 0.25) is 0 Å². The second kappa shape index (κ2) is 5.18. The van der Waals surface area contributed by atoms with E-state index in [9.17, 15) is 4.39 Å². The van der Waals surface area contributed by atoms with E-state index >= 15 is 0 Å². The first kappa shape index (κ1) is 13.2. The third-order valence-corrected chi connectivity index (χ3v) is 3.52. The Balaban J connectivity index is 2.34. The highest BCUT2D eigenvalue weighted by Crippen LogP contribution is 2.43. The molecule has 0 saturated heterocycles. The topological polar surface area (TPSA) is 47.0 Å². The molecule has 1 N–H and O–H groups in total. The van der Waals surface area contributed by atoms with Crippen LogP contribution in [0.3, 0.4) is 0 Å². The number of halogens is 1. The lowest BCUT2D eigenvalue weighted by Crippen LogP contribution is -2.38. The van der Waals surface area contributed by atoms with E-state index in [1.54, 1.807) is 14.0 Å². The first-order chi connectivity index (χ1) is 8.63. The molecule has 1 aromatic heterocycles. The monoisotopic (exact) mass is 253 g/mol. The standard InChI is InChI=1S/C13H20FN3O/c1-4-8-15-11-10(14)9(2)16-12(17-11)13(18-3)6-5-7-13/h4-8H2,1-3H3,(H,15,16,17). The van der Waals surface area contributed by atoms with E-state index in [0.717, 1.165) is 25.7 Å². The fourth-order valence-corrected chi connectivity index (χ4v) is 2.14. The van der Waals surface area contributed by atoms with Crippen LogP contribution in [0.25, 0.3) is 0 Å². The van der Waals surface area contributed by atoms with Crippen LogP contribution in [-0.4, -0.2) is 23.6 Å². The van der Waals surface area contributed by atoms with Crippen LogP contribution in [0, 0.1) is 12.7 Å². The van der Waals surface area contributed by atoms with Crippen LogP contribution >= 0.6 is 0 Å². The molecule has 0 aliphatic heterocycles. The molecule has 0 bridgehead atoms. The molecule has 1 aromatic rings. The van der Waals surface area contributed by atoms with Crippen LogP contribution in [0.2, 0.25) is 0 Å². The molecule has 1 aliphatic rings.